The lowest BCUT2D eigenvalue weighted by molar-refractivity contribution is -0.0666. The number of esters is 1. The summed E-state index contributed by atoms with van der Waals surface area (Å²) in [5, 5.41) is 0. The number of rotatable bonds is 6. The van der Waals surface area contributed by atoms with Gasteiger partial charge < -0.3 is 14.2 Å². The van der Waals surface area contributed by atoms with Crippen molar-refractivity contribution in [2.45, 2.75) is 79.4 Å². The highest BCUT2D eigenvalue weighted by molar-refractivity contribution is 5.89. The Morgan fingerprint density at radius 1 is 0.767 bits per heavy atom. The van der Waals surface area contributed by atoms with E-state index in [2.05, 4.69) is 0 Å². The third-order valence-corrected chi connectivity index (χ3v) is 4.73. The minimum Gasteiger partial charge on any atom is -0.468 e. The first-order chi connectivity index (χ1) is 14.6. The third-order valence-electron chi connectivity index (χ3n) is 4.73. The lowest BCUT2D eigenvalue weighted by atomic mass is 9.95. The van der Waals surface area contributed by atoms with Crippen molar-refractivity contribution in [2.24, 2.45) is 0 Å². The maximum absolute atomic E-state index is 12.2. The first-order valence-corrected chi connectivity index (χ1v) is 11.2. The van der Waals surface area contributed by atoms with E-state index in [1.807, 2.05) is 90.1 Å². The molecule has 0 amide bonds. The zero-order valence-corrected chi connectivity index (χ0v) is 19.4. The van der Waals surface area contributed by atoms with Gasteiger partial charge in [-0.2, -0.15) is 0 Å². The molecule has 166 valence electrons. The Kier molecular flexibility index (Phi) is 12.5. The highest BCUT2D eigenvalue weighted by Crippen LogP contribution is 2.24. The van der Waals surface area contributed by atoms with Crippen molar-refractivity contribution in [3.8, 4) is 5.75 Å². The molecule has 2 aromatic rings. The molecule has 3 rings (SSSR count). The Balaban J connectivity index is 0.00000106. The second-order valence-corrected chi connectivity index (χ2v) is 6.91. The third kappa shape index (κ3) is 9.00. The van der Waals surface area contributed by atoms with Gasteiger partial charge in [-0.05, 0) is 63.8 Å². The van der Waals surface area contributed by atoms with Gasteiger partial charge in [0, 0.05) is 0 Å². The summed E-state index contributed by atoms with van der Waals surface area (Å²) in [6, 6.07) is 15.4. The van der Waals surface area contributed by atoms with Crippen LogP contribution in [-0.4, -0.2) is 25.0 Å². The molecule has 4 heteroatoms. The van der Waals surface area contributed by atoms with Crippen molar-refractivity contribution in [1.29, 1.82) is 0 Å². The average molecular weight is 415 g/mol. The van der Waals surface area contributed by atoms with Gasteiger partial charge >= 0.3 is 5.97 Å². The number of ether oxygens (including phenoxy) is 3. The van der Waals surface area contributed by atoms with Gasteiger partial charge in [-0.3, -0.25) is 0 Å². The van der Waals surface area contributed by atoms with E-state index in [9.17, 15) is 4.79 Å². The second-order valence-electron chi connectivity index (χ2n) is 6.91. The van der Waals surface area contributed by atoms with Crippen LogP contribution in [0, 0.1) is 13.8 Å². The minimum atomic E-state index is -0.239. The Morgan fingerprint density at radius 3 is 1.77 bits per heavy atom. The lowest BCUT2D eigenvalue weighted by Gasteiger charge is -2.28. The van der Waals surface area contributed by atoms with Gasteiger partial charge in [-0.1, -0.05) is 63.1 Å². The molecule has 1 aliphatic carbocycles. The van der Waals surface area contributed by atoms with E-state index in [0.29, 0.717) is 5.56 Å². The van der Waals surface area contributed by atoms with Crippen LogP contribution in [0.4, 0.5) is 0 Å². The van der Waals surface area contributed by atoms with E-state index in [-0.39, 0.29) is 25.0 Å². The van der Waals surface area contributed by atoms with E-state index in [1.165, 1.54) is 5.56 Å². The maximum atomic E-state index is 12.2. The smallest absolute Gasteiger partial charge is 0.338 e. The predicted octanol–water partition coefficient (Wildman–Crippen LogP) is 6.88. The number of hydrogen-bond acceptors (Lipinski definition) is 4. The molecule has 0 aliphatic heterocycles. The van der Waals surface area contributed by atoms with Crippen molar-refractivity contribution in [2.75, 3.05) is 6.79 Å². The molecule has 0 aromatic heterocycles. The normalized spacial score (nSPS) is 17.5. The fraction of sp³-hybridized carbons (Fsp3) is 0.500. The van der Waals surface area contributed by atoms with Crippen molar-refractivity contribution in [3.63, 3.8) is 0 Å². The van der Waals surface area contributed by atoms with Crippen LogP contribution in [0.5, 0.6) is 5.75 Å². The molecule has 0 heterocycles. The van der Waals surface area contributed by atoms with Crippen molar-refractivity contribution in [3.05, 3.63) is 65.2 Å². The molecule has 1 saturated carbocycles. The quantitative estimate of drug-likeness (QED) is 0.382. The Hall–Kier alpha value is -2.33. The van der Waals surface area contributed by atoms with Gasteiger partial charge in [0.25, 0.3) is 0 Å². The first kappa shape index (κ1) is 25.7. The van der Waals surface area contributed by atoms with Crippen LogP contribution in [-0.2, 0) is 9.47 Å². The molecule has 0 atom stereocenters. The molecule has 2 aromatic carbocycles. The SMILES string of the molecule is CC.CC.Cc1ccc(OCOC2CCC(OC(=O)c3ccc(C)cc3)CC2)cc1. The van der Waals surface area contributed by atoms with Crippen molar-refractivity contribution in [1.82, 2.24) is 0 Å². The molecule has 1 aliphatic rings. The average Bonchev–Trinajstić information content (AvgIpc) is 2.79. The predicted molar refractivity (Wildman–Crippen MR) is 123 cm³/mol. The summed E-state index contributed by atoms with van der Waals surface area (Å²) in [5.74, 6) is 0.577. The molecule has 4 nitrogen and oxygen atoms in total. The van der Waals surface area contributed by atoms with Gasteiger partial charge in [0.2, 0.25) is 0 Å². The van der Waals surface area contributed by atoms with Crippen LogP contribution in [0.25, 0.3) is 0 Å². The van der Waals surface area contributed by atoms with Crippen LogP contribution >= 0.6 is 0 Å². The summed E-state index contributed by atoms with van der Waals surface area (Å²) >= 11 is 0. The molecular formula is C26H38O4. The Labute approximate surface area is 182 Å². The summed E-state index contributed by atoms with van der Waals surface area (Å²) in [4.78, 5) is 12.2. The van der Waals surface area contributed by atoms with Gasteiger partial charge in [0.1, 0.15) is 11.9 Å². The Bertz CT molecular complexity index is 699. The maximum Gasteiger partial charge on any atom is 0.338 e. The molecule has 0 saturated heterocycles. The second kappa shape index (κ2) is 14.6. The molecule has 0 bridgehead atoms. The van der Waals surface area contributed by atoms with E-state index >= 15 is 0 Å². The number of carbonyl (C=O) groups excluding carboxylic acids is 1. The van der Waals surface area contributed by atoms with Crippen LogP contribution in [0.1, 0.15) is 74.9 Å². The molecule has 0 unspecified atom stereocenters. The summed E-state index contributed by atoms with van der Waals surface area (Å²) < 4.78 is 17.0. The molecule has 0 spiro atoms. The molecule has 1 fully saturated rings. The molecular weight excluding hydrogens is 376 g/mol. The lowest BCUT2D eigenvalue weighted by Crippen LogP contribution is -2.29. The van der Waals surface area contributed by atoms with Crippen LogP contribution in [0.15, 0.2) is 48.5 Å². The highest BCUT2D eigenvalue weighted by atomic mass is 16.7. The standard InChI is InChI=1S/C22H26O4.2C2H6/c1-16-3-7-18(8-4-16)22(23)26-21-13-11-20(12-14-21)25-15-24-19-9-5-17(2)6-10-19;2*1-2/h3-10,20-21H,11-15H2,1-2H3;2*1-2H3. The van der Waals surface area contributed by atoms with Crippen LogP contribution in [0.2, 0.25) is 0 Å². The topological polar surface area (TPSA) is 44.8 Å². The Morgan fingerprint density at radius 2 is 1.23 bits per heavy atom. The number of hydrogen-bond donors (Lipinski definition) is 0. The summed E-state index contributed by atoms with van der Waals surface area (Å²) in [6.07, 6.45) is 3.54. The van der Waals surface area contributed by atoms with E-state index in [0.717, 1.165) is 37.0 Å². The number of aryl methyl sites for hydroxylation is 2. The summed E-state index contributed by atoms with van der Waals surface area (Å²) in [5.41, 5.74) is 2.95. The highest BCUT2D eigenvalue weighted by Gasteiger charge is 2.25. The zero-order chi connectivity index (χ0) is 22.4. The van der Waals surface area contributed by atoms with Gasteiger partial charge in [0.15, 0.2) is 6.79 Å². The summed E-state index contributed by atoms with van der Waals surface area (Å²) in [7, 11) is 0. The fourth-order valence-electron chi connectivity index (χ4n) is 3.06. The number of carbonyl (C=O) groups is 1. The van der Waals surface area contributed by atoms with E-state index in [1.54, 1.807) is 0 Å². The van der Waals surface area contributed by atoms with E-state index in [4.69, 9.17) is 14.2 Å². The van der Waals surface area contributed by atoms with Gasteiger partial charge in [0.05, 0.1) is 11.7 Å². The van der Waals surface area contributed by atoms with Gasteiger partial charge in [-0.15, -0.1) is 0 Å². The fourth-order valence-corrected chi connectivity index (χ4v) is 3.06. The van der Waals surface area contributed by atoms with Crippen LogP contribution in [0.3, 0.4) is 0 Å². The molecule has 0 N–H and O–H groups in total. The first-order valence-electron chi connectivity index (χ1n) is 11.2. The largest absolute Gasteiger partial charge is 0.468 e. The van der Waals surface area contributed by atoms with Crippen LogP contribution < -0.4 is 4.74 Å². The monoisotopic (exact) mass is 414 g/mol. The minimum absolute atomic E-state index is 0.0262. The number of benzene rings is 2. The van der Waals surface area contributed by atoms with Crippen molar-refractivity contribution < 1.29 is 19.0 Å². The van der Waals surface area contributed by atoms with Gasteiger partial charge in [-0.25, -0.2) is 4.79 Å². The molecule has 0 radical (unpaired) electrons. The summed E-state index contributed by atoms with van der Waals surface area (Å²) in [6.45, 7) is 12.3. The van der Waals surface area contributed by atoms with E-state index < -0.39 is 0 Å². The molecule has 30 heavy (non-hydrogen) atoms. The van der Waals surface area contributed by atoms with Crippen molar-refractivity contribution >= 4 is 5.97 Å². The zero-order valence-electron chi connectivity index (χ0n) is 19.4.